The van der Waals surface area contributed by atoms with Crippen LogP contribution in [0.15, 0.2) is 12.5 Å². The highest BCUT2D eigenvalue weighted by Gasteiger charge is 2.64. The summed E-state index contributed by atoms with van der Waals surface area (Å²) in [6.07, 6.45) is 9.14. The van der Waals surface area contributed by atoms with E-state index in [-0.39, 0.29) is 5.54 Å². The molecule has 3 nitrogen and oxygen atoms in total. The van der Waals surface area contributed by atoms with E-state index in [1.54, 1.807) is 0 Å². The van der Waals surface area contributed by atoms with E-state index >= 15 is 0 Å². The van der Waals surface area contributed by atoms with E-state index in [4.69, 9.17) is 5.73 Å². The maximum atomic E-state index is 6.50. The summed E-state index contributed by atoms with van der Waals surface area (Å²) in [5.41, 5.74) is 7.69. The first-order chi connectivity index (χ1) is 6.74. The van der Waals surface area contributed by atoms with Gasteiger partial charge in [-0.15, -0.1) is 0 Å². The molecule has 0 aromatic carbocycles. The molecular weight excluding hydrogens is 174 g/mol. The average Bonchev–Trinajstić information content (AvgIpc) is 2.57. The molecule has 2 aliphatic rings. The monoisotopic (exact) mass is 191 g/mol. The molecule has 0 aliphatic heterocycles. The van der Waals surface area contributed by atoms with Crippen LogP contribution in [0.5, 0.6) is 0 Å². The summed E-state index contributed by atoms with van der Waals surface area (Å²) in [6.45, 7) is 0. The highest BCUT2D eigenvalue weighted by atomic mass is 15.1. The zero-order valence-corrected chi connectivity index (χ0v) is 8.61. The van der Waals surface area contributed by atoms with Crippen molar-refractivity contribution in [1.29, 1.82) is 0 Å². The van der Waals surface area contributed by atoms with E-state index in [0.717, 1.165) is 11.8 Å². The van der Waals surface area contributed by atoms with Gasteiger partial charge in [-0.25, -0.2) is 4.98 Å². The van der Waals surface area contributed by atoms with Gasteiger partial charge in [-0.05, 0) is 24.7 Å². The third-order valence-electron chi connectivity index (χ3n) is 4.14. The van der Waals surface area contributed by atoms with Crippen molar-refractivity contribution in [2.75, 3.05) is 0 Å². The van der Waals surface area contributed by atoms with E-state index in [2.05, 4.69) is 9.55 Å². The van der Waals surface area contributed by atoms with E-state index in [0.29, 0.717) is 0 Å². The second-order valence-corrected chi connectivity index (χ2v) is 4.82. The standard InChI is InChI=1S/C11H17N3/c1-14-7-13-6-10(14)11(12)8-4-2-3-5-9(8)11/h6-9H,2-5,12H2,1H3. The maximum absolute atomic E-state index is 6.50. The van der Waals surface area contributed by atoms with Crippen LogP contribution in [-0.2, 0) is 12.6 Å². The van der Waals surface area contributed by atoms with Crippen molar-refractivity contribution in [1.82, 2.24) is 9.55 Å². The van der Waals surface area contributed by atoms with Crippen molar-refractivity contribution in [3.8, 4) is 0 Å². The van der Waals surface area contributed by atoms with Crippen molar-refractivity contribution < 1.29 is 0 Å². The van der Waals surface area contributed by atoms with Crippen molar-refractivity contribution in [3.05, 3.63) is 18.2 Å². The van der Waals surface area contributed by atoms with Crippen LogP contribution < -0.4 is 5.73 Å². The predicted molar refractivity (Wildman–Crippen MR) is 54.5 cm³/mol. The van der Waals surface area contributed by atoms with Gasteiger partial charge in [-0.3, -0.25) is 0 Å². The van der Waals surface area contributed by atoms with Gasteiger partial charge in [0.25, 0.3) is 0 Å². The first-order valence-electron chi connectivity index (χ1n) is 5.50. The zero-order chi connectivity index (χ0) is 9.76. The van der Waals surface area contributed by atoms with Gasteiger partial charge in [0, 0.05) is 7.05 Å². The fourth-order valence-corrected chi connectivity index (χ4v) is 3.33. The Hall–Kier alpha value is -0.830. The number of nitrogens with zero attached hydrogens (tertiary/aromatic N) is 2. The van der Waals surface area contributed by atoms with Crippen molar-refractivity contribution in [2.45, 2.75) is 31.2 Å². The summed E-state index contributed by atoms with van der Waals surface area (Å²) < 4.78 is 2.08. The molecule has 1 heterocycles. The highest BCUT2D eigenvalue weighted by Crippen LogP contribution is 2.62. The van der Waals surface area contributed by atoms with Gasteiger partial charge >= 0.3 is 0 Å². The molecule has 2 atom stereocenters. The lowest BCUT2D eigenvalue weighted by molar-refractivity contribution is 0.480. The van der Waals surface area contributed by atoms with Gasteiger partial charge in [0.1, 0.15) is 0 Å². The third-order valence-corrected chi connectivity index (χ3v) is 4.14. The summed E-state index contributed by atoms with van der Waals surface area (Å²) in [5, 5.41) is 0. The lowest BCUT2D eigenvalue weighted by Gasteiger charge is -2.11. The Morgan fingerprint density at radius 2 is 2.07 bits per heavy atom. The fraction of sp³-hybridized carbons (Fsp3) is 0.727. The van der Waals surface area contributed by atoms with Crippen molar-refractivity contribution >= 4 is 0 Å². The summed E-state index contributed by atoms with van der Waals surface area (Å²) in [4.78, 5) is 4.17. The lowest BCUT2D eigenvalue weighted by atomic mass is 10.0. The maximum Gasteiger partial charge on any atom is 0.0946 e. The zero-order valence-electron chi connectivity index (χ0n) is 8.61. The molecule has 2 N–H and O–H groups in total. The molecule has 1 aromatic rings. The summed E-state index contributed by atoms with van der Waals surface area (Å²) >= 11 is 0. The first kappa shape index (κ1) is 8.48. The van der Waals surface area contributed by atoms with Crippen molar-refractivity contribution in [2.24, 2.45) is 24.6 Å². The number of aromatic nitrogens is 2. The molecule has 2 aliphatic carbocycles. The number of hydrogen-bond donors (Lipinski definition) is 1. The number of hydrogen-bond acceptors (Lipinski definition) is 2. The van der Waals surface area contributed by atoms with E-state index in [1.807, 2.05) is 19.6 Å². The Morgan fingerprint density at radius 3 is 2.57 bits per heavy atom. The second-order valence-electron chi connectivity index (χ2n) is 4.82. The molecule has 2 fully saturated rings. The number of rotatable bonds is 1. The quantitative estimate of drug-likeness (QED) is 0.729. The van der Waals surface area contributed by atoms with E-state index in [9.17, 15) is 0 Å². The molecule has 2 saturated carbocycles. The predicted octanol–water partition coefficient (Wildman–Crippen LogP) is 1.39. The van der Waals surface area contributed by atoms with Crippen LogP contribution in [0.1, 0.15) is 31.4 Å². The molecule has 0 radical (unpaired) electrons. The van der Waals surface area contributed by atoms with Crippen LogP contribution in [0.2, 0.25) is 0 Å². The van der Waals surface area contributed by atoms with Crippen LogP contribution in [0, 0.1) is 11.8 Å². The molecule has 0 spiro atoms. The van der Waals surface area contributed by atoms with Crippen LogP contribution >= 0.6 is 0 Å². The largest absolute Gasteiger partial charge is 0.336 e. The second kappa shape index (κ2) is 2.60. The van der Waals surface area contributed by atoms with Gasteiger partial charge in [-0.2, -0.15) is 0 Å². The smallest absolute Gasteiger partial charge is 0.0946 e. The molecule has 3 heteroatoms. The summed E-state index contributed by atoms with van der Waals surface area (Å²) in [7, 11) is 2.04. The number of nitrogens with two attached hydrogens (primary N) is 1. The molecule has 0 saturated heterocycles. The molecule has 1 aromatic heterocycles. The minimum Gasteiger partial charge on any atom is -0.336 e. The minimum atomic E-state index is -0.0399. The Kier molecular flexibility index (Phi) is 1.57. The highest BCUT2D eigenvalue weighted by molar-refractivity contribution is 5.29. The number of imidazole rings is 1. The van der Waals surface area contributed by atoms with Gasteiger partial charge in [0.15, 0.2) is 0 Å². The van der Waals surface area contributed by atoms with Gasteiger partial charge < -0.3 is 10.3 Å². The van der Waals surface area contributed by atoms with Crippen molar-refractivity contribution in [3.63, 3.8) is 0 Å². The Balaban J connectivity index is 1.96. The molecule has 0 amide bonds. The fourth-order valence-electron chi connectivity index (χ4n) is 3.33. The van der Waals surface area contributed by atoms with E-state index in [1.165, 1.54) is 31.4 Å². The first-order valence-corrected chi connectivity index (χ1v) is 5.50. The Bertz CT molecular complexity index is 343. The number of fused-ring (bicyclic) bond motifs is 1. The summed E-state index contributed by atoms with van der Waals surface area (Å²) in [5.74, 6) is 1.46. The molecule has 14 heavy (non-hydrogen) atoms. The molecule has 3 rings (SSSR count). The normalized spacial score (nSPS) is 40.7. The topological polar surface area (TPSA) is 43.8 Å². The molecule has 0 bridgehead atoms. The molecule has 2 unspecified atom stereocenters. The third kappa shape index (κ3) is 0.883. The van der Waals surface area contributed by atoms with Gasteiger partial charge in [0.05, 0.1) is 23.8 Å². The van der Waals surface area contributed by atoms with Gasteiger partial charge in [-0.1, -0.05) is 12.8 Å². The van der Waals surface area contributed by atoms with Crippen LogP contribution in [-0.4, -0.2) is 9.55 Å². The van der Waals surface area contributed by atoms with Crippen LogP contribution in [0.25, 0.3) is 0 Å². The molecule has 76 valence electrons. The average molecular weight is 191 g/mol. The van der Waals surface area contributed by atoms with Gasteiger partial charge in [0.2, 0.25) is 0 Å². The van der Waals surface area contributed by atoms with E-state index < -0.39 is 0 Å². The lowest BCUT2D eigenvalue weighted by Crippen LogP contribution is -2.26. The Labute approximate surface area is 84.3 Å². The Morgan fingerprint density at radius 1 is 1.43 bits per heavy atom. The molecular formula is C11H17N3. The number of aryl methyl sites for hydroxylation is 1. The minimum absolute atomic E-state index is 0.0399. The van der Waals surface area contributed by atoms with Crippen LogP contribution in [0.3, 0.4) is 0 Å². The SMILES string of the molecule is Cn1cncc1C1(N)C2CCCCC21. The summed E-state index contributed by atoms with van der Waals surface area (Å²) in [6, 6.07) is 0. The van der Waals surface area contributed by atoms with Crippen LogP contribution in [0.4, 0.5) is 0 Å².